The number of H-pyrrole nitrogens is 1. The van der Waals surface area contributed by atoms with E-state index < -0.39 is 0 Å². The van der Waals surface area contributed by atoms with Crippen LogP contribution in [0.4, 0.5) is 11.5 Å². The maximum atomic E-state index is 6.52. The second-order valence-electron chi connectivity index (χ2n) is 6.47. The molecule has 0 radical (unpaired) electrons. The number of para-hydroxylation sites is 1. The maximum Gasteiger partial charge on any atom is 0.108 e. The van der Waals surface area contributed by atoms with Crippen LogP contribution in [0.2, 0.25) is 5.02 Å². The molecule has 2 heterocycles. The van der Waals surface area contributed by atoms with Crippen LogP contribution in [0.15, 0.2) is 85.1 Å². The summed E-state index contributed by atoms with van der Waals surface area (Å²) in [5, 5.41) is 7.52. The number of hydrogen-bond donors (Lipinski definition) is 2. The number of hydrogen-bond acceptors (Lipinski definition) is 2. The summed E-state index contributed by atoms with van der Waals surface area (Å²) in [6.45, 7) is 0. The molecule has 5 rings (SSSR count). The van der Waals surface area contributed by atoms with Gasteiger partial charge in [-0.05, 0) is 41.8 Å². The third-order valence-corrected chi connectivity index (χ3v) is 5.03. The van der Waals surface area contributed by atoms with E-state index >= 15 is 0 Å². The standard InChI is InChI=1S/C23H16ClN3/c24-20-10-9-17(26-22-13-16-6-2-4-8-21(16)27-22)14-19(20)23-18-7-3-1-5-15(18)11-12-25-23/h1-14,26-27H. The van der Waals surface area contributed by atoms with Crippen LogP contribution in [0, 0.1) is 0 Å². The molecule has 0 spiro atoms. The predicted molar refractivity (Wildman–Crippen MR) is 114 cm³/mol. The lowest BCUT2D eigenvalue weighted by molar-refractivity contribution is 1.35. The molecule has 0 bridgehead atoms. The van der Waals surface area contributed by atoms with E-state index in [1.807, 2.05) is 54.7 Å². The Morgan fingerprint density at radius 1 is 0.815 bits per heavy atom. The lowest BCUT2D eigenvalue weighted by Crippen LogP contribution is -1.93. The average Bonchev–Trinajstić information content (AvgIpc) is 3.11. The average molecular weight is 370 g/mol. The number of aromatic amines is 1. The van der Waals surface area contributed by atoms with Crippen molar-refractivity contribution < 1.29 is 0 Å². The molecule has 130 valence electrons. The van der Waals surface area contributed by atoms with Crippen molar-refractivity contribution in [2.75, 3.05) is 5.32 Å². The van der Waals surface area contributed by atoms with Gasteiger partial charge in [0.05, 0.1) is 10.7 Å². The topological polar surface area (TPSA) is 40.7 Å². The predicted octanol–water partition coefficient (Wildman–Crippen LogP) is 6.78. The van der Waals surface area contributed by atoms with E-state index in [0.29, 0.717) is 5.02 Å². The monoisotopic (exact) mass is 369 g/mol. The summed E-state index contributed by atoms with van der Waals surface area (Å²) < 4.78 is 0. The van der Waals surface area contributed by atoms with Crippen LogP contribution in [-0.2, 0) is 0 Å². The van der Waals surface area contributed by atoms with E-state index in [1.54, 1.807) is 0 Å². The highest BCUT2D eigenvalue weighted by molar-refractivity contribution is 6.33. The number of aromatic nitrogens is 2. The molecule has 0 aliphatic carbocycles. The summed E-state index contributed by atoms with van der Waals surface area (Å²) >= 11 is 6.52. The van der Waals surface area contributed by atoms with Crippen LogP contribution in [-0.4, -0.2) is 9.97 Å². The first-order valence-electron chi connectivity index (χ1n) is 8.76. The SMILES string of the molecule is Clc1ccc(Nc2cc3ccccc3[nH]2)cc1-c1nccc2ccccc12. The summed E-state index contributed by atoms with van der Waals surface area (Å²) in [6, 6.07) is 26.5. The molecule has 0 saturated carbocycles. The Morgan fingerprint density at radius 2 is 1.63 bits per heavy atom. The van der Waals surface area contributed by atoms with Gasteiger partial charge in [0.15, 0.2) is 0 Å². The third kappa shape index (κ3) is 2.92. The zero-order chi connectivity index (χ0) is 18.2. The number of nitrogens with zero attached hydrogens (tertiary/aromatic N) is 1. The minimum absolute atomic E-state index is 0.682. The quantitative estimate of drug-likeness (QED) is 0.368. The summed E-state index contributed by atoms with van der Waals surface area (Å²) in [5.41, 5.74) is 3.86. The molecule has 0 aliphatic heterocycles. The first-order chi connectivity index (χ1) is 13.3. The summed E-state index contributed by atoms with van der Waals surface area (Å²) in [5.74, 6) is 0.940. The Morgan fingerprint density at radius 3 is 2.52 bits per heavy atom. The van der Waals surface area contributed by atoms with Crippen molar-refractivity contribution in [2.24, 2.45) is 0 Å². The zero-order valence-electron chi connectivity index (χ0n) is 14.4. The molecule has 0 unspecified atom stereocenters. The van der Waals surface area contributed by atoms with Gasteiger partial charge in [0.2, 0.25) is 0 Å². The van der Waals surface area contributed by atoms with Crippen molar-refractivity contribution in [3.63, 3.8) is 0 Å². The number of anilines is 2. The van der Waals surface area contributed by atoms with Crippen molar-refractivity contribution in [3.05, 3.63) is 90.1 Å². The Labute approximate surface area is 161 Å². The van der Waals surface area contributed by atoms with Crippen LogP contribution >= 0.6 is 11.6 Å². The molecule has 3 nitrogen and oxygen atoms in total. The molecular weight excluding hydrogens is 354 g/mol. The molecular formula is C23H16ClN3. The van der Waals surface area contributed by atoms with E-state index in [2.05, 4.69) is 45.6 Å². The van der Waals surface area contributed by atoms with Crippen LogP contribution in [0.5, 0.6) is 0 Å². The molecule has 27 heavy (non-hydrogen) atoms. The van der Waals surface area contributed by atoms with Crippen molar-refractivity contribution in [2.45, 2.75) is 0 Å². The van der Waals surface area contributed by atoms with Gasteiger partial charge in [-0.15, -0.1) is 0 Å². The van der Waals surface area contributed by atoms with Crippen molar-refractivity contribution >= 4 is 44.8 Å². The highest BCUT2D eigenvalue weighted by Gasteiger charge is 2.11. The molecule has 2 N–H and O–H groups in total. The summed E-state index contributed by atoms with van der Waals surface area (Å²) in [6.07, 6.45) is 1.83. The number of fused-ring (bicyclic) bond motifs is 2. The van der Waals surface area contributed by atoms with Gasteiger partial charge < -0.3 is 10.3 Å². The van der Waals surface area contributed by atoms with E-state index in [4.69, 9.17) is 11.6 Å². The lowest BCUT2D eigenvalue weighted by atomic mass is 10.0. The van der Waals surface area contributed by atoms with Gasteiger partial charge in [0.1, 0.15) is 5.82 Å². The third-order valence-electron chi connectivity index (χ3n) is 4.70. The van der Waals surface area contributed by atoms with Gasteiger partial charge in [-0.3, -0.25) is 4.98 Å². The first kappa shape index (κ1) is 15.9. The molecule has 4 heteroatoms. The van der Waals surface area contributed by atoms with E-state index in [-0.39, 0.29) is 0 Å². The number of benzene rings is 3. The van der Waals surface area contributed by atoms with Gasteiger partial charge in [-0.2, -0.15) is 0 Å². The minimum atomic E-state index is 0.682. The first-order valence-corrected chi connectivity index (χ1v) is 9.14. The van der Waals surface area contributed by atoms with Crippen molar-refractivity contribution in [1.82, 2.24) is 9.97 Å². The highest BCUT2D eigenvalue weighted by Crippen LogP contribution is 2.34. The molecule has 3 aromatic carbocycles. The Kier molecular flexibility index (Phi) is 3.80. The van der Waals surface area contributed by atoms with Crippen LogP contribution in [0.3, 0.4) is 0 Å². The van der Waals surface area contributed by atoms with Gasteiger partial charge in [0.25, 0.3) is 0 Å². The number of nitrogens with one attached hydrogen (secondary N) is 2. The minimum Gasteiger partial charge on any atom is -0.342 e. The molecule has 0 fully saturated rings. The molecule has 5 aromatic rings. The number of rotatable bonds is 3. The normalized spacial score (nSPS) is 11.1. The van der Waals surface area contributed by atoms with Crippen molar-refractivity contribution in [3.8, 4) is 11.3 Å². The fraction of sp³-hybridized carbons (Fsp3) is 0. The van der Waals surface area contributed by atoms with E-state index in [1.165, 1.54) is 5.39 Å². The largest absolute Gasteiger partial charge is 0.342 e. The fourth-order valence-corrected chi connectivity index (χ4v) is 3.62. The fourth-order valence-electron chi connectivity index (χ4n) is 3.41. The number of halogens is 1. The Bertz CT molecular complexity index is 1230. The van der Waals surface area contributed by atoms with Crippen LogP contribution in [0.25, 0.3) is 32.9 Å². The van der Waals surface area contributed by atoms with Crippen LogP contribution < -0.4 is 5.32 Å². The molecule has 0 saturated heterocycles. The van der Waals surface area contributed by atoms with Gasteiger partial charge in [0, 0.05) is 33.7 Å². The molecule has 2 aromatic heterocycles. The summed E-state index contributed by atoms with van der Waals surface area (Å²) in [7, 11) is 0. The smallest absolute Gasteiger partial charge is 0.108 e. The van der Waals surface area contributed by atoms with Gasteiger partial charge in [-0.1, -0.05) is 54.1 Å². The second-order valence-corrected chi connectivity index (χ2v) is 6.88. The van der Waals surface area contributed by atoms with E-state index in [9.17, 15) is 0 Å². The van der Waals surface area contributed by atoms with Crippen molar-refractivity contribution in [1.29, 1.82) is 0 Å². The molecule has 0 aliphatic rings. The zero-order valence-corrected chi connectivity index (χ0v) is 15.2. The maximum absolute atomic E-state index is 6.52. The Hall–Kier alpha value is -3.30. The summed E-state index contributed by atoms with van der Waals surface area (Å²) in [4.78, 5) is 7.99. The second kappa shape index (κ2) is 6.45. The van der Waals surface area contributed by atoms with Gasteiger partial charge >= 0.3 is 0 Å². The lowest BCUT2D eigenvalue weighted by Gasteiger charge is -2.11. The van der Waals surface area contributed by atoms with E-state index in [0.717, 1.165) is 39.1 Å². The highest BCUT2D eigenvalue weighted by atomic mass is 35.5. The van der Waals surface area contributed by atoms with Crippen LogP contribution in [0.1, 0.15) is 0 Å². The Balaban J connectivity index is 1.58. The molecule has 0 amide bonds. The van der Waals surface area contributed by atoms with Gasteiger partial charge in [-0.25, -0.2) is 0 Å². The number of pyridine rings is 1. The molecule has 0 atom stereocenters.